The van der Waals surface area contributed by atoms with E-state index in [-0.39, 0.29) is 24.1 Å². The summed E-state index contributed by atoms with van der Waals surface area (Å²) in [6.07, 6.45) is 1.40. The Hall–Kier alpha value is -2.10. The normalized spacial score (nSPS) is 25.0. The Kier molecular flexibility index (Phi) is 7.48. The number of alkyl halides is 3. The highest BCUT2D eigenvalue weighted by Gasteiger charge is 2.51. The van der Waals surface area contributed by atoms with Crippen LogP contribution in [0.15, 0.2) is 12.4 Å². The molecule has 36 heavy (non-hydrogen) atoms. The van der Waals surface area contributed by atoms with E-state index in [1.165, 1.54) is 38.9 Å². The van der Waals surface area contributed by atoms with Crippen LogP contribution in [-0.2, 0) is 10.9 Å². The molecule has 1 saturated carbocycles. The quantitative estimate of drug-likeness (QED) is 0.532. The first-order chi connectivity index (χ1) is 16.7. The van der Waals surface area contributed by atoms with Gasteiger partial charge in [0.1, 0.15) is 0 Å². The molecule has 3 heterocycles. The van der Waals surface area contributed by atoms with Gasteiger partial charge in [0.25, 0.3) is 0 Å². The zero-order valence-electron chi connectivity index (χ0n) is 22.1. The van der Waals surface area contributed by atoms with Crippen molar-refractivity contribution in [3.8, 4) is 0 Å². The predicted molar refractivity (Wildman–Crippen MR) is 132 cm³/mol. The van der Waals surface area contributed by atoms with Crippen molar-refractivity contribution < 1.29 is 22.7 Å². The van der Waals surface area contributed by atoms with E-state index in [2.05, 4.69) is 35.6 Å². The fraction of sp³-hybridized carbons (Fsp3) is 0.808. The highest BCUT2D eigenvalue weighted by atomic mass is 19.4. The number of carbonyl (C=O) groups excluding carboxylic acids is 1. The topological polar surface area (TPSA) is 61.8 Å². The van der Waals surface area contributed by atoms with Crippen molar-refractivity contribution in [1.82, 2.24) is 19.8 Å². The number of amides is 1. The van der Waals surface area contributed by atoms with Crippen LogP contribution in [0.1, 0.15) is 65.9 Å². The molecule has 4 rings (SSSR count). The Morgan fingerprint density at radius 2 is 1.67 bits per heavy atom. The van der Waals surface area contributed by atoms with Crippen molar-refractivity contribution in [3.05, 3.63) is 18.0 Å². The zero-order chi connectivity index (χ0) is 26.3. The molecule has 0 radical (unpaired) electrons. The lowest BCUT2D eigenvalue weighted by Gasteiger charge is -2.59. The maximum absolute atomic E-state index is 12.8. The van der Waals surface area contributed by atoms with E-state index < -0.39 is 11.7 Å². The molecule has 0 aromatic carbocycles. The standard InChI is InChI=1S/C26H40F3N5O2/c1-18-14-33(22-30-12-21(13-31-22)26(27,28)29)15-19(2)34(18)23(35)36-9-6-20-10-25(11-20)16-32(17-25)8-7-24(3,4)5/h12-13,18-20H,6-11,14-17H2,1-5H3/t18-,19+. The van der Waals surface area contributed by atoms with Gasteiger partial charge in [0, 0.05) is 38.6 Å². The van der Waals surface area contributed by atoms with Gasteiger partial charge in [0.2, 0.25) is 5.95 Å². The smallest absolute Gasteiger partial charge is 0.419 e. The summed E-state index contributed by atoms with van der Waals surface area (Å²) in [4.78, 5) is 26.7. The number of piperazine rings is 1. The van der Waals surface area contributed by atoms with Gasteiger partial charge in [-0.1, -0.05) is 20.8 Å². The lowest BCUT2D eigenvalue weighted by molar-refractivity contribution is -0.138. The number of carbonyl (C=O) groups is 1. The molecular weight excluding hydrogens is 471 g/mol. The van der Waals surface area contributed by atoms with Crippen LogP contribution in [-0.4, -0.2) is 77.3 Å². The molecule has 1 aliphatic carbocycles. The molecule has 1 aromatic rings. The summed E-state index contributed by atoms with van der Waals surface area (Å²) in [6.45, 7) is 15.6. The monoisotopic (exact) mass is 511 g/mol. The van der Waals surface area contributed by atoms with Crippen molar-refractivity contribution in [2.45, 2.75) is 78.6 Å². The van der Waals surface area contributed by atoms with Crippen LogP contribution in [0.5, 0.6) is 0 Å². The number of ether oxygens (including phenoxy) is 1. The third kappa shape index (κ3) is 6.23. The Bertz CT molecular complexity index is 892. The van der Waals surface area contributed by atoms with E-state index in [0.717, 1.165) is 18.8 Å². The number of hydrogen-bond acceptors (Lipinski definition) is 6. The number of rotatable bonds is 6. The predicted octanol–water partition coefficient (Wildman–Crippen LogP) is 5.07. The van der Waals surface area contributed by atoms with Crippen LogP contribution in [0.3, 0.4) is 0 Å². The second kappa shape index (κ2) is 9.99. The molecule has 10 heteroatoms. The third-order valence-electron chi connectivity index (χ3n) is 7.87. The van der Waals surface area contributed by atoms with E-state index in [4.69, 9.17) is 4.74 Å². The fourth-order valence-corrected chi connectivity index (χ4v) is 6.05. The van der Waals surface area contributed by atoms with E-state index in [0.29, 0.717) is 36.4 Å². The summed E-state index contributed by atoms with van der Waals surface area (Å²) in [7, 11) is 0. The first-order valence-corrected chi connectivity index (χ1v) is 13.1. The first-order valence-electron chi connectivity index (χ1n) is 13.1. The maximum Gasteiger partial charge on any atom is 0.419 e. The Morgan fingerprint density at radius 3 is 2.19 bits per heavy atom. The lowest BCUT2D eigenvalue weighted by atomic mass is 9.57. The zero-order valence-corrected chi connectivity index (χ0v) is 22.1. The van der Waals surface area contributed by atoms with Crippen molar-refractivity contribution in [1.29, 1.82) is 0 Å². The van der Waals surface area contributed by atoms with Crippen LogP contribution in [0.4, 0.5) is 23.9 Å². The van der Waals surface area contributed by atoms with Crippen molar-refractivity contribution >= 4 is 12.0 Å². The van der Waals surface area contributed by atoms with Gasteiger partial charge in [-0.25, -0.2) is 14.8 Å². The number of hydrogen-bond donors (Lipinski definition) is 0. The highest BCUT2D eigenvalue weighted by molar-refractivity contribution is 5.69. The van der Waals surface area contributed by atoms with E-state index in [1.807, 2.05) is 18.7 Å². The van der Waals surface area contributed by atoms with E-state index in [9.17, 15) is 18.0 Å². The van der Waals surface area contributed by atoms with Gasteiger partial charge in [-0.05, 0) is 62.8 Å². The summed E-state index contributed by atoms with van der Waals surface area (Å²) in [6, 6.07) is -0.346. The van der Waals surface area contributed by atoms with Gasteiger partial charge >= 0.3 is 12.3 Å². The van der Waals surface area contributed by atoms with Gasteiger partial charge in [-0.2, -0.15) is 13.2 Å². The molecule has 3 aliphatic rings. The molecule has 7 nitrogen and oxygen atoms in total. The molecule has 1 spiro atoms. The SMILES string of the molecule is C[C@@H]1CN(c2ncc(C(F)(F)F)cn2)C[C@H](C)N1C(=O)OCCC1CC2(C1)CN(CCC(C)(C)C)C2. The number of nitrogens with zero attached hydrogens (tertiary/aromatic N) is 5. The average molecular weight is 512 g/mol. The van der Waals surface area contributed by atoms with E-state index >= 15 is 0 Å². The third-order valence-corrected chi connectivity index (χ3v) is 7.87. The minimum absolute atomic E-state index is 0.173. The van der Waals surface area contributed by atoms with Gasteiger partial charge in [-0.15, -0.1) is 0 Å². The van der Waals surface area contributed by atoms with Gasteiger partial charge < -0.3 is 14.5 Å². The first kappa shape index (κ1) is 26.9. The second-order valence-corrected chi connectivity index (χ2v) is 12.5. The van der Waals surface area contributed by atoms with Gasteiger partial charge in [0.15, 0.2) is 0 Å². The molecule has 0 bridgehead atoms. The average Bonchev–Trinajstić information content (AvgIpc) is 2.71. The maximum atomic E-state index is 12.8. The van der Waals surface area contributed by atoms with Gasteiger partial charge in [0.05, 0.1) is 24.3 Å². The van der Waals surface area contributed by atoms with Crippen LogP contribution in [0, 0.1) is 16.7 Å². The molecule has 2 aliphatic heterocycles. The molecule has 2 atom stereocenters. The van der Waals surface area contributed by atoms with Crippen LogP contribution in [0.25, 0.3) is 0 Å². The Labute approximate surface area is 212 Å². The summed E-state index contributed by atoms with van der Waals surface area (Å²) < 4.78 is 44.0. The largest absolute Gasteiger partial charge is 0.449 e. The molecule has 0 unspecified atom stereocenters. The number of halogens is 3. The fourth-order valence-electron chi connectivity index (χ4n) is 6.05. The summed E-state index contributed by atoms with van der Waals surface area (Å²) in [5, 5.41) is 0. The number of aromatic nitrogens is 2. The Balaban J connectivity index is 1.16. The minimum atomic E-state index is -4.47. The van der Waals surface area contributed by atoms with Crippen LogP contribution < -0.4 is 4.90 Å². The van der Waals surface area contributed by atoms with Crippen molar-refractivity contribution in [2.24, 2.45) is 16.7 Å². The second-order valence-electron chi connectivity index (χ2n) is 12.5. The summed E-state index contributed by atoms with van der Waals surface area (Å²) in [5.74, 6) is 0.868. The molecule has 1 amide bonds. The molecule has 0 N–H and O–H groups in total. The molecule has 3 fully saturated rings. The number of likely N-dealkylation sites (tertiary alicyclic amines) is 1. The molecular formula is C26H40F3N5O2. The van der Waals surface area contributed by atoms with Crippen molar-refractivity contribution in [3.63, 3.8) is 0 Å². The molecule has 202 valence electrons. The minimum Gasteiger partial charge on any atom is -0.449 e. The molecule has 2 saturated heterocycles. The number of anilines is 1. The van der Waals surface area contributed by atoms with E-state index in [1.54, 1.807) is 4.90 Å². The van der Waals surface area contributed by atoms with Crippen molar-refractivity contribution in [2.75, 3.05) is 44.2 Å². The van der Waals surface area contributed by atoms with Crippen LogP contribution >= 0.6 is 0 Å². The summed E-state index contributed by atoms with van der Waals surface area (Å²) in [5.41, 5.74) is 0.0146. The lowest BCUT2D eigenvalue weighted by Crippen LogP contribution is -2.62. The summed E-state index contributed by atoms with van der Waals surface area (Å²) >= 11 is 0. The van der Waals surface area contributed by atoms with Crippen LogP contribution in [0.2, 0.25) is 0 Å². The molecule has 1 aromatic heterocycles. The van der Waals surface area contributed by atoms with Gasteiger partial charge in [-0.3, -0.25) is 4.90 Å². The highest BCUT2D eigenvalue weighted by Crippen LogP contribution is 2.53. The Morgan fingerprint density at radius 1 is 1.08 bits per heavy atom.